The summed E-state index contributed by atoms with van der Waals surface area (Å²) in [7, 11) is 0. The van der Waals surface area contributed by atoms with Gasteiger partial charge in [0.25, 0.3) is 0 Å². The van der Waals surface area contributed by atoms with E-state index in [-0.39, 0.29) is 17.7 Å². The number of anilines is 1. The van der Waals surface area contributed by atoms with E-state index in [1.807, 2.05) is 34.9 Å². The van der Waals surface area contributed by atoms with Gasteiger partial charge in [0.2, 0.25) is 11.8 Å². The molecule has 2 heterocycles. The number of piperidine rings is 1. The molecular weight excluding hydrogens is 322 g/mol. The quantitative estimate of drug-likeness (QED) is 0.909. The van der Waals surface area contributed by atoms with E-state index >= 15 is 0 Å². The average molecular weight is 347 g/mol. The minimum absolute atomic E-state index is 0.0347. The van der Waals surface area contributed by atoms with Gasteiger partial charge in [-0.3, -0.25) is 14.5 Å². The molecule has 2 N–H and O–H groups in total. The highest BCUT2D eigenvalue weighted by atomic mass is 32.2. The first kappa shape index (κ1) is 17.3. The van der Waals surface area contributed by atoms with Gasteiger partial charge in [-0.2, -0.15) is 0 Å². The summed E-state index contributed by atoms with van der Waals surface area (Å²) in [6.45, 7) is 4.92. The third kappa shape index (κ3) is 3.92. The first-order valence-electron chi connectivity index (χ1n) is 8.62. The number of benzene rings is 1. The monoisotopic (exact) mass is 347 g/mol. The van der Waals surface area contributed by atoms with Crippen LogP contribution in [-0.4, -0.2) is 48.1 Å². The topological polar surface area (TPSA) is 66.6 Å². The summed E-state index contributed by atoms with van der Waals surface area (Å²) in [5.41, 5.74) is 6.41. The van der Waals surface area contributed by atoms with Crippen LogP contribution < -0.4 is 10.6 Å². The molecule has 0 aromatic heterocycles. The molecule has 1 aromatic rings. The molecule has 1 saturated heterocycles. The number of hydrogen-bond donors (Lipinski definition) is 1. The zero-order chi connectivity index (χ0) is 17.1. The third-order valence-corrected chi connectivity index (χ3v) is 6.13. The second kappa shape index (κ2) is 7.57. The molecule has 24 heavy (non-hydrogen) atoms. The van der Waals surface area contributed by atoms with Crippen LogP contribution in [0.3, 0.4) is 0 Å². The smallest absolute Gasteiger partial charge is 0.241 e. The number of primary amides is 1. The van der Waals surface area contributed by atoms with E-state index in [4.69, 9.17) is 5.73 Å². The summed E-state index contributed by atoms with van der Waals surface area (Å²) in [6, 6.07) is 8.16. The summed E-state index contributed by atoms with van der Waals surface area (Å²) < 4.78 is 0. The Balaban J connectivity index is 1.66. The highest BCUT2D eigenvalue weighted by Crippen LogP contribution is 2.37. The van der Waals surface area contributed by atoms with Gasteiger partial charge in [0.1, 0.15) is 0 Å². The maximum Gasteiger partial charge on any atom is 0.241 e. The van der Waals surface area contributed by atoms with E-state index < -0.39 is 0 Å². The maximum absolute atomic E-state index is 12.9. The first-order valence-corrected chi connectivity index (χ1v) is 9.50. The Kier molecular flexibility index (Phi) is 5.46. The standard InChI is InChI=1S/C18H25N3O2S/c1-13-6-11-21(15-4-2-3-5-16(15)24-13)17(22)12-20-9-7-14(8-10-20)18(19)23/h2-5,13-14H,6-12H2,1H3,(H2,19,23). The van der Waals surface area contributed by atoms with E-state index in [0.717, 1.165) is 44.6 Å². The molecule has 5 nitrogen and oxygen atoms in total. The zero-order valence-electron chi connectivity index (χ0n) is 14.1. The van der Waals surface area contributed by atoms with Gasteiger partial charge in [-0.05, 0) is 44.5 Å². The fourth-order valence-corrected chi connectivity index (χ4v) is 4.51. The molecule has 130 valence electrons. The number of rotatable bonds is 3. The van der Waals surface area contributed by atoms with Crippen LogP contribution in [0.1, 0.15) is 26.2 Å². The van der Waals surface area contributed by atoms with Gasteiger partial charge in [-0.25, -0.2) is 0 Å². The van der Waals surface area contributed by atoms with Crippen LogP contribution in [0.25, 0.3) is 0 Å². The van der Waals surface area contributed by atoms with Crippen molar-refractivity contribution in [1.82, 2.24) is 4.90 Å². The van der Waals surface area contributed by atoms with Crippen molar-refractivity contribution in [2.75, 3.05) is 31.1 Å². The van der Waals surface area contributed by atoms with Crippen LogP contribution in [-0.2, 0) is 9.59 Å². The molecule has 3 rings (SSSR count). The van der Waals surface area contributed by atoms with Gasteiger partial charge in [0.05, 0.1) is 12.2 Å². The molecule has 0 bridgehead atoms. The third-order valence-electron chi connectivity index (χ3n) is 4.89. The molecule has 1 atom stereocenters. The number of para-hydroxylation sites is 1. The van der Waals surface area contributed by atoms with Crippen molar-refractivity contribution in [2.45, 2.75) is 36.3 Å². The van der Waals surface area contributed by atoms with Crippen LogP contribution in [0.2, 0.25) is 0 Å². The largest absolute Gasteiger partial charge is 0.369 e. The Bertz CT molecular complexity index is 614. The van der Waals surface area contributed by atoms with Crippen LogP contribution in [0.4, 0.5) is 5.69 Å². The molecule has 0 aliphatic carbocycles. The molecule has 0 saturated carbocycles. The number of amides is 2. The number of carbonyl (C=O) groups is 2. The Morgan fingerprint density at radius 3 is 2.58 bits per heavy atom. The molecule has 2 amide bonds. The number of carbonyl (C=O) groups excluding carboxylic acids is 2. The number of likely N-dealkylation sites (tertiary alicyclic amines) is 1. The van der Waals surface area contributed by atoms with E-state index in [1.165, 1.54) is 4.90 Å². The van der Waals surface area contributed by atoms with E-state index in [1.54, 1.807) is 0 Å². The SMILES string of the molecule is CC1CCN(C(=O)CN2CCC(C(N)=O)CC2)c2ccccc2S1. The van der Waals surface area contributed by atoms with Crippen LogP contribution >= 0.6 is 11.8 Å². The normalized spacial score (nSPS) is 22.7. The molecule has 2 aliphatic heterocycles. The summed E-state index contributed by atoms with van der Waals surface area (Å²) in [6.07, 6.45) is 2.51. The fraction of sp³-hybridized carbons (Fsp3) is 0.556. The molecule has 1 unspecified atom stereocenters. The number of thioether (sulfide) groups is 1. The summed E-state index contributed by atoms with van der Waals surface area (Å²) in [5, 5.41) is 0.510. The molecule has 1 aromatic carbocycles. The lowest BCUT2D eigenvalue weighted by Gasteiger charge is -2.32. The van der Waals surface area contributed by atoms with Crippen LogP contribution in [0, 0.1) is 5.92 Å². The zero-order valence-corrected chi connectivity index (χ0v) is 14.9. The minimum Gasteiger partial charge on any atom is -0.369 e. The lowest BCUT2D eigenvalue weighted by atomic mass is 9.96. The molecular formula is C18H25N3O2S. The van der Waals surface area contributed by atoms with Crippen LogP contribution in [0.15, 0.2) is 29.2 Å². The molecule has 2 aliphatic rings. The van der Waals surface area contributed by atoms with Crippen molar-refractivity contribution in [3.8, 4) is 0 Å². The second-order valence-electron chi connectivity index (χ2n) is 6.68. The Morgan fingerprint density at radius 2 is 1.88 bits per heavy atom. The maximum atomic E-state index is 12.9. The van der Waals surface area contributed by atoms with Crippen molar-refractivity contribution >= 4 is 29.3 Å². The van der Waals surface area contributed by atoms with Gasteiger partial charge in [0.15, 0.2) is 0 Å². The number of hydrogen-bond acceptors (Lipinski definition) is 4. The Morgan fingerprint density at radius 1 is 1.17 bits per heavy atom. The predicted molar refractivity (Wildman–Crippen MR) is 97.1 cm³/mol. The van der Waals surface area contributed by atoms with Crippen molar-refractivity contribution in [3.63, 3.8) is 0 Å². The molecule has 0 radical (unpaired) electrons. The van der Waals surface area contributed by atoms with Gasteiger partial charge in [-0.15, -0.1) is 11.8 Å². The summed E-state index contributed by atoms with van der Waals surface area (Å²) in [5.74, 6) is -0.101. The Hall–Kier alpha value is -1.53. The lowest BCUT2D eigenvalue weighted by Crippen LogP contribution is -2.45. The van der Waals surface area contributed by atoms with E-state index in [0.29, 0.717) is 11.8 Å². The fourth-order valence-electron chi connectivity index (χ4n) is 3.40. The summed E-state index contributed by atoms with van der Waals surface area (Å²) in [4.78, 5) is 29.4. The van der Waals surface area contributed by atoms with Gasteiger partial charge >= 0.3 is 0 Å². The lowest BCUT2D eigenvalue weighted by molar-refractivity contribution is -0.123. The minimum atomic E-state index is -0.214. The van der Waals surface area contributed by atoms with Crippen molar-refractivity contribution in [3.05, 3.63) is 24.3 Å². The van der Waals surface area contributed by atoms with Gasteiger partial charge in [-0.1, -0.05) is 19.1 Å². The number of nitrogens with two attached hydrogens (primary N) is 1. The van der Waals surface area contributed by atoms with Gasteiger partial charge < -0.3 is 10.6 Å². The molecule has 0 spiro atoms. The average Bonchev–Trinajstić information content (AvgIpc) is 2.73. The highest BCUT2D eigenvalue weighted by molar-refractivity contribution is 8.00. The number of nitrogens with zero attached hydrogens (tertiary/aromatic N) is 2. The molecule has 1 fully saturated rings. The van der Waals surface area contributed by atoms with Crippen molar-refractivity contribution in [1.29, 1.82) is 0 Å². The van der Waals surface area contributed by atoms with Gasteiger partial charge in [0, 0.05) is 22.6 Å². The highest BCUT2D eigenvalue weighted by Gasteiger charge is 2.28. The number of fused-ring (bicyclic) bond motifs is 1. The molecule has 6 heteroatoms. The van der Waals surface area contributed by atoms with Crippen molar-refractivity contribution in [2.24, 2.45) is 11.7 Å². The predicted octanol–water partition coefficient (Wildman–Crippen LogP) is 2.10. The van der Waals surface area contributed by atoms with Crippen LogP contribution in [0.5, 0.6) is 0 Å². The second-order valence-corrected chi connectivity index (χ2v) is 8.16. The van der Waals surface area contributed by atoms with E-state index in [9.17, 15) is 9.59 Å². The van der Waals surface area contributed by atoms with Crippen molar-refractivity contribution < 1.29 is 9.59 Å². The first-order chi connectivity index (χ1) is 11.5. The van der Waals surface area contributed by atoms with E-state index in [2.05, 4.69) is 17.9 Å². The Labute approximate surface area is 147 Å². The summed E-state index contributed by atoms with van der Waals surface area (Å²) >= 11 is 1.84.